The van der Waals surface area contributed by atoms with Crippen molar-refractivity contribution in [3.05, 3.63) is 108 Å². The number of hydrogen-bond donors (Lipinski definition) is 0. The Labute approximate surface area is 257 Å². The molecule has 4 rings (SSSR count). The first-order valence-electron chi connectivity index (χ1n) is 14.7. The molecule has 0 aliphatic carbocycles. The van der Waals surface area contributed by atoms with Crippen molar-refractivity contribution >= 4 is 24.2 Å². The maximum absolute atomic E-state index is 3.48. The summed E-state index contributed by atoms with van der Waals surface area (Å²) < 4.78 is 0. The van der Waals surface area contributed by atoms with Crippen LogP contribution in [0.1, 0.15) is 16.7 Å². The molecule has 0 heterocycles. The minimum Gasteiger partial charge on any atom is -0.127 e. The highest BCUT2D eigenvalue weighted by Crippen LogP contribution is 2.33. The molecule has 0 bridgehead atoms. The molecule has 0 amide bonds. The van der Waals surface area contributed by atoms with Gasteiger partial charge in [0.15, 0.2) is 0 Å². The van der Waals surface area contributed by atoms with Gasteiger partial charge in [-0.3, -0.25) is 0 Å². The van der Waals surface area contributed by atoms with Crippen LogP contribution in [-0.4, -0.2) is 24.2 Å². The molecule has 0 saturated heterocycles. The van der Waals surface area contributed by atoms with Crippen LogP contribution in [0.15, 0.2) is 91.0 Å². The third kappa shape index (κ3) is 9.65. The topological polar surface area (TPSA) is 0 Å². The third-order valence-electron chi connectivity index (χ3n) is 6.33. The van der Waals surface area contributed by atoms with Gasteiger partial charge in [-0.05, 0) is 88.0 Å². The van der Waals surface area contributed by atoms with Gasteiger partial charge in [0.2, 0.25) is 0 Å². The van der Waals surface area contributed by atoms with E-state index in [2.05, 4.69) is 184 Å². The molecule has 0 aromatic heterocycles. The Morgan fingerprint density at radius 1 is 0.310 bits per heavy atom. The van der Waals surface area contributed by atoms with Gasteiger partial charge in [0.05, 0.1) is 0 Å². The monoisotopic (exact) mass is 594 g/mol. The Morgan fingerprint density at radius 3 is 0.714 bits per heavy atom. The number of benzene rings is 4. The van der Waals surface area contributed by atoms with E-state index in [9.17, 15) is 0 Å². The molecule has 0 spiro atoms. The van der Waals surface area contributed by atoms with Crippen LogP contribution in [0.5, 0.6) is 0 Å². The zero-order chi connectivity index (χ0) is 30.5. The molecule has 4 aromatic carbocycles. The summed E-state index contributed by atoms with van der Waals surface area (Å²) in [7, 11) is -4.26. The second kappa shape index (κ2) is 12.6. The standard InChI is InChI=1S/C39H42Si3/c1-40(2,3)25-22-31-10-16-34(17-11-31)37-28-38(35-18-12-32(13-19-35)23-26-41(4,5)6)30-39(29-37)36-20-14-33(15-21-36)24-27-42(7,8)9/h10-21,28-30H,1-9H3. The first-order valence-corrected chi connectivity index (χ1v) is 25.2. The van der Waals surface area contributed by atoms with Crippen LogP contribution in [0.2, 0.25) is 58.9 Å². The fourth-order valence-corrected chi connectivity index (χ4v) is 5.70. The summed E-state index contributed by atoms with van der Waals surface area (Å²) in [6.45, 7) is 20.5. The van der Waals surface area contributed by atoms with Gasteiger partial charge in [0, 0.05) is 16.7 Å². The van der Waals surface area contributed by atoms with E-state index in [4.69, 9.17) is 0 Å². The molecule has 42 heavy (non-hydrogen) atoms. The smallest absolute Gasteiger partial charge is 0.127 e. The highest BCUT2D eigenvalue weighted by atomic mass is 28.3. The quantitative estimate of drug-likeness (QED) is 0.163. The summed E-state index contributed by atoms with van der Waals surface area (Å²) in [5.41, 5.74) is 20.8. The molecule has 3 heteroatoms. The molecule has 210 valence electrons. The van der Waals surface area contributed by atoms with Crippen molar-refractivity contribution in [2.45, 2.75) is 58.9 Å². The first kappa shape index (κ1) is 31.2. The molecule has 0 saturated carbocycles. The third-order valence-corrected chi connectivity index (χ3v) is 8.96. The Hall–Kier alpha value is -3.79. The lowest BCUT2D eigenvalue weighted by Gasteiger charge is -2.12. The van der Waals surface area contributed by atoms with E-state index >= 15 is 0 Å². The Bertz CT molecular complexity index is 1510. The second-order valence-corrected chi connectivity index (χ2v) is 28.3. The summed E-state index contributed by atoms with van der Waals surface area (Å²) >= 11 is 0. The fraction of sp³-hybridized carbons (Fsp3) is 0.231. The zero-order valence-electron chi connectivity index (χ0n) is 26.7. The van der Waals surface area contributed by atoms with Gasteiger partial charge in [-0.25, -0.2) is 0 Å². The van der Waals surface area contributed by atoms with E-state index < -0.39 is 24.2 Å². The summed E-state index contributed by atoms with van der Waals surface area (Å²) in [6.07, 6.45) is 0. The zero-order valence-corrected chi connectivity index (χ0v) is 29.7. The maximum Gasteiger partial charge on any atom is 0.129 e. The normalized spacial score (nSPS) is 11.4. The second-order valence-electron chi connectivity index (χ2n) is 14.0. The minimum atomic E-state index is -1.42. The van der Waals surface area contributed by atoms with E-state index in [1.165, 1.54) is 33.4 Å². The Morgan fingerprint density at radius 2 is 0.524 bits per heavy atom. The molecule has 4 aromatic rings. The van der Waals surface area contributed by atoms with E-state index in [1.54, 1.807) is 0 Å². The lowest BCUT2D eigenvalue weighted by atomic mass is 9.92. The van der Waals surface area contributed by atoms with Crippen LogP contribution in [-0.2, 0) is 0 Å². The first-order chi connectivity index (χ1) is 19.6. The van der Waals surface area contributed by atoms with Crippen LogP contribution in [0.3, 0.4) is 0 Å². The summed E-state index contributed by atoms with van der Waals surface area (Å²) in [4.78, 5) is 0. The van der Waals surface area contributed by atoms with Crippen LogP contribution < -0.4 is 0 Å². The van der Waals surface area contributed by atoms with Crippen LogP contribution in [0.25, 0.3) is 33.4 Å². The van der Waals surface area contributed by atoms with Gasteiger partial charge in [-0.1, -0.05) is 113 Å². The summed E-state index contributed by atoms with van der Waals surface area (Å²) in [6, 6.07) is 32.9. The van der Waals surface area contributed by atoms with Gasteiger partial charge >= 0.3 is 0 Å². The van der Waals surface area contributed by atoms with Crippen LogP contribution in [0.4, 0.5) is 0 Å². The van der Waals surface area contributed by atoms with E-state index in [1.807, 2.05) is 0 Å². The van der Waals surface area contributed by atoms with Crippen molar-refractivity contribution in [3.63, 3.8) is 0 Å². The van der Waals surface area contributed by atoms with Crippen molar-refractivity contribution in [2.75, 3.05) is 0 Å². The van der Waals surface area contributed by atoms with Crippen molar-refractivity contribution in [2.24, 2.45) is 0 Å². The highest BCUT2D eigenvalue weighted by molar-refractivity contribution is 6.84. The number of rotatable bonds is 3. The predicted octanol–water partition coefficient (Wildman–Crippen LogP) is 10.4. The minimum absolute atomic E-state index is 1.07. The van der Waals surface area contributed by atoms with Crippen molar-refractivity contribution in [1.29, 1.82) is 0 Å². The molecule has 0 unspecified atom stereocenters. The lowest BCUT2D eigenvalue weighted by molar-refractivity contribution is 1.54. The van der Waals surface area contributed by atoms with Crippen molar-refractivity contribution in [3.8, 4) is 67.8 Å². The maximum atomic E-state index is 3.48. The van der Waals surface area contributed by atoms with Crippen molar-refractivity contribution in [1.82, 2.24) is 0 Å². The summed E-state index contributed by atoms with van der Waals surface area (Å²) in [5, 5.41) is 0. The molecule has 0 aliphatic heterocycles. The lowest BCUT2D eigenvalue weighted by Crippen LogP contribution is -2.16. The molecular weight excluding hydrogens is 553 g/mol. The van der Waals surface area contributed by atoms with Crippen LogP contribution in [0, 0.1) is 34.4 Å². The average Bonchev–Trinajstić information content (AvgIpc) is 2.93. The number of hydrogen-bond acceptors (Lipinski definition) is 0. The van der Waals surface area contributed by atoms with Gasteiger partial charge in [0.25, 0.3) is 0 Å². The molecule has 0 aliphatic rings. The molecule has 0 atom stereocenters. The van der Waals surface area contributed by atoms with Gasteiger partial charge in [-0.15, -0.1) is 16.6 Å². The molecule has 0 nitrogen and oxygen atoms in total. The largest absolute Gasteiger partial charge is 0.129 e. The molecule has 0 radical (unpaired) electrons. The van der Waals surface area contributed by atoms with E-state index in [-0.39, 0.29) is 0 Å². The fourth-order valence-electron chi connectivity index (χ4n) is 4.14. The van der Waals surface area contributed by atoms with E-state index in [0.717, 1.165) is 16.7 Å². The van der Waals surface area contributed by atoms with Gasteiger partial charge in [-0.2, -0.15) is 0 Å². The Kier molecular flexibility index (Phi) is 9.35. The van der Waals surface area contributed by atoms with Crippen LogP contribution >= 0.6 is 0 Å². The van der Waals surface area contributed by atoms with Gasteiger partial charge in [0.1, 0.15) is 24.2 Å². The predicted molar refractivity (Wildman–Crippen MR) is 193 cm³/mol. The molecule has 0 N–H and O–H groups in total. The SMILES string of the molecule is C[Si](C)(C)C#Cc1ccc(-c2cc(-c3ccc(C#C[Si](C)(C)C)cc3)cc(-c3ccc(C#C[Si](C)(C)C)cc3)c2)cc1. The Balaban J connectivity index is 1.76. The van der Waals surface area contributed by atoms with Gasteiger partial charge < -0.3 is 0 Å². The summed E-state index contributed by atoms with van der Waals surface area (Å²) in [5.74, 6) is 10.1. The van der Waals surface area contributed by atoms with Crippen molar-refractivity contribution < 1.29 is 0 Å². The molecular formula is C39H42Si3. The molecule has 0 fully saturated rings. The van der Waals surface area contributed by atoms with E-state index in [0.29, 0.717) is 0 Å². The average molecular weight is 595 g/mol. The highest BCUT2D eigenvalue weighted by Gasteiger charge is 2.11.